The molecule has 0 bridgehead atoms. The second-order valence-corrected chi connectivity index (χ2v) is 4.74. The van der Waals surface area contributed by atoms with Gasteiger partial charge in [-0.3, -0.25) is 0 Å². The molecule has 1 aliphatic rings. The first-order valence-electron chi connectivity index (χ1n) is 6.47. The standard InChI is InChI=1S/C15H18N2O2/c1-11-7-8-12(4-3-9-18)14(10-11)17-15(19)16-13-5-2-6-13/h7-8,10,13,18H,2,5-6,9H2,1H3,(H2,16,17,19). The van der Waals surface area contributed by atoms with E-state index in [1.54, 1.807) is 0 Å². The highest BCUT2D eigenvalue weighted by atomic mass is 16.2. The highest BCUT2D eigenvalue weighted by molar-refractivity contribution is 5.91. The van der Waals surface area contributed by atoms with Gasteiger partial charge in [-0.2, -0.15) is 0 Å². The molecule has 2 rings (SSSR count). The van der Waals surface area contributed by atoms with E-state index in [4.69, 9.17) is 5.11 Å². The summed E-state index contributed by atoms with van der Waals surface area (Å²) in [6.45, 7) is 1.76. The maximum Gasteiger partial charge on any atom is 0.319 e. The Balaban J connectivity index is 2.08. The third-order valence-corrected chi connectivity index (χ3v) is 3.17. The number of amides is 2. The Labute approximate surface area is 113 Å². The lowest BCUT2D eigenvalue weighted by Crippen LogP contribution is -2.41. The lowest BCUT2D eigenvalue weighted by atomic mass is 9.93. The van der Waals surface area contributed by atoms with Crippen LogP contribution >= 0.6 is 0 Å². The van der Waals surface area contributed by atoms with Crippen molar-refractivity contribution >= 4 is 11.7 Å². The second-order valence-electron chi connectivity index (χ2n) is 4.74. The average Bonchev–Trinajstić information content (AvgIpc) is 2.33. The van der Waals surface area contributed by atoms with Crippen LogP contribution in [0.2, 0.25) is 0 Å². The summed E-state index contributed by atoms with van der Waals surface area (Å²) in [6, 6.07) is 5.76. The minimum Gasteiger partial charge on any atom is -0.384 e. The largest absolute Gasteiger partial charge is 0.384 e. The molecule has 1 fully saturated rings. The maximum atomic E-state index is 11.8. The number of carbonyl (C=O) groups excluding carboxylic acids is 1. The molecule has 0 aliphatic heterocycles. The van der Waals surface area contributed by atoms with Crippen LogP contribution in [0.3, 0.4) is 0 Å². The number of rotatable bonds is 2. The van der Waals surface area contributed by atoms with Crippen LogP contribution in [0.4, 0.5) is 10.5 Å². The van der Waals surface area contributed by atoms with Crippen LogP contribution in [0.5, 0.6) is 0 Å². The molecule has 3 N–H and O–H groups in total. The van der Waals surface area contributed by atoms with Gasteiger partial charge in [-0.25, -0.2) is 4.79 Å². The Hall–Kier alpha value is -1.99. The SMILES string of the molecule is Cc1ccc(C#CCO)c(NC(=O)NC2CCC2)c1. The number of aryl methyl sites for hydroxylation is 1. The zero-order chi connectivity index (χ0) is 13.7. The number of benzene rings is 1. The molecule has 1 saturated carbocycles. The molecule has 0 saturated heterocycles. The molecule has 19 heavy (non-hydrogen) atoms. The summed E-state index contributed by atoms with van der Waals surface area (Å²) >= 11 is 0. The minimum absolute atomic E-state index is 0.192. The zero-order valence-corrected chi connectivity index (χ0v) is 11.0. The third kappa shape index (κ3) is 3.73. The van der Waals surface area contributed by atoms with Crippen molar-refractivity contribution in [1.29, 1.82) is 0 Å². The van der Waals surface area contributed by atoms with Crippen LogP contribution in [-0.4, -0.2) is 23.8 Å². The summed E-state index contributed by atoms with van der Waals surface area (Å²) in [4.78, 5) is 11.8. The van der Waals surface area contributed by atoms with Gasteiger partial charge in [0.1, 0.15) is 6.61 Å². The Morgan fingerprint density at radius 1 is 1.47 bits per heavy atom. The first-order valence-corrected chi connectivity index (χ1v) is 6.47. The fraction of sp³-hybridized carbons (Fsp3) is 0.400. The number of aliphatic hydroxyl groups excluding tert-OH is 1. The molecule has 0 unspecified atom stereocenters. The number of urea groups is 1. The Kier molecular flexibility index (Phi) is 4.43. The zero-order valence-electron chi connectivity index (χ0n) is 11.0. The average molecular weight is 258 g/mol. The van der Waals surface area contributed by atoms with E-state index in [1.807, 2.05) is 25.1 Å². The minimum atomic E-state index is -0.193. The monoisotopic (exact) mass is 258 g/mol. The van der Waals surface area contributed by atoms with Crippen LogP contribution in [-0.2, 0) is 0 Å². The van der Waals surface area contributed by atoms with Gasteiger partial charge in [-0.15, -0.1) is 0 Å². The molecule has 1 aromatic carbocycles. The van der Waals surface area contributed by atoms with Crippen LogP contribution in [0.1, 0.15) is 30.4 Å². The van der Waals surface area contributed by atoms with Crippen molar-refractivity contribution in [1.82, 2.24) is 5.32 Å². The molecular weight excluding hydrogens is 240 g/mol. The lowest BCUT2D eigenvalue weighted by Gasteiger charge is -2.26. The molecule has 0 aromatic heterocycles. The van der Waals surface area contributed by atoms with Crippen LogP contribution in [0.25, 0.3) is 0 Å². The van der Waals surface area contributed by atoms with E-state index in [-0.39, 0.29) is 12.6 Å². The van der Waals surface area contributed by atoms with Gasteiger partial charge in [0, 0.05) is 11.6 Å². The summed E-state index contributed by atoms with van der Waals surface area (Å²) in [5.74, 6) is 5.43. The second kappa shape index (κ2) is 6.26. The number of aliphatic hydroxyl groups is 1. The molecule has 1 aromatic rings. The van der Waals surface area contributed by atoms with Gasteiger partial charge in [-0.05, 0) is 43.9 Å². The van der Waals surface area contributed by atoms with Gasteiger partial charge in [0.25, 0.3) is 0 Å². The number of hydrogen-bond acceptors (Lipinski definition) is 2. The number of anilines is 1. The van der Waals surface area contributed by atoms with E-state index in [0.29, 0.717) is 17.3 Å². The molecule has 4 nitrogen and oxygen atoms in total. The molecule has 0 spiro atoms. The first kappa shape index (κ1) is 13.4. The number of nitrogens with one attached hydrogen (secondary N) is 2. The summed E-state index contributed by atoms with van der Waals surface area (Å²) in [6.07, 6.45) is 3.29. The fourth-order valence-corrected chi connectivity index (χ4v) is 1.90. The molecule has 2 amide bonds. The molecule has 0 atom stereocenters. The predicted octanol–water partition coefficient (Wildman–Crippen LogP) is 2.01. The van der Waals surface area contributed by atoms with E-state index >= 15 is 0 Å². The van der Waals surface area contributed by atoms with Gasteiger partial charge in [0.2, 0.25) is 0 Å². The molecular formula is C15H18N2O2. The first-order chi connectivity index (χ1) is 9.19. The van der Waals surface area contributed by atoms with Crippen molar-refractivity contribution in [2.75, 3.05) is 11.9 Å². The smallest absolute Gasteiger partial charge is 0.319 e. The number of carbonyl (C=O) groups is 1. The molecule has 0 heterocycles. The van der Waals surface area contributed by atoms with Crippen molar-refractivity contribution in [3.63, 3.8) is 0 Å². The molecule has 1 aliphatic carbocycles. The molecule has 100 valence electrons. The van der Waals surface area contributed by atoms with Gasteiger partial charge >= 0.3 is 6.03 Å². The van der Waals surface area contributed by atoms with Crippen molar-refractivity contribution in [3.05, 3.63) is 29.3 Å². The highest BCUT2D eigenvalue weighted by Gasteiger charge is 2.19. The van der Waals surface area contributed by atoms with Crippen LogP contribution < -0.4 is 10.6 Å². The normalized spacial score (nSPS) is 14.0. The highest BCUT2D eigenvalue weighted by Crippen LogP contribution is 2.19. The Bertz CT molecular complexity index is 525. The van der Waals surface area contributed by atoms with Gasteiger partial charge in [0.15, 0.2) is 0 Å². The van der Waals surface area contributed by atoms with E-state index in [0.717, 1.165) is 18.4 Å². The fourth-order valence-electron chi connectivity index (χ4n) is 1.90. The van der Waals surface area contributed by atoms with Crippen molar-refractivity contribution in [2.24, 2.45) is 0 Å². The quantitative estimate of drug-likeness (QED) is 0.711. The topological polar surface area (TPSA) is 61.4 Å². The summed E-state index contributed by atoms with van der Waals surface area (Å²) < 4.78 is 0. The van der Waals surface area contributed by atoms with Crippen LogP contribution in [0.15, 0.2) is 18.2 Å². The number of hydrogen-bond donors (Lipinski definition) is 3. The van der Waals surface area contributed by atoms with E-state index in [1.165, 1.54) is 6.42 Å². The molecule has 0 radical (unpaired) electrons. The van der Waals surface area contributed by atoms with Gasteiger partial charge in [0.05, 0.1) is 5.69 Å². The lowest BCUT2D eigenvalue weighted by molar-refractivity contribution is 0.240. The summed E-state index contributed by atoms with van der Waals surface area (Å²) in [5.41, 5.74) is 2.44. The molecule has 4 heteroatoms. The Morgan fingerprint density at radius 2 is 2.26 bits per heavy atom. The third-order valence-electron chi connectivity index (χ3n) is 3.17. The van der Waals surface area contributed by atoms with E-state index < -0.39 is 0 Å². The van der Waals surface area contributed by atoms with Crippen molar-refractivity contribution in [2.45, 2.75) is 32.2 Å². The van der Waals surface area contributed by atoms with Gasteiger partial charge < -0.3 is 15.7 Å². The van der Waals surface area contributed by atoms with E-state index in [2.05, 4.69) is 22.5 Å². The van der Waals surface area contributed by atoms with Crippen LogP contribution in [0, 0.1) is 18.8 Å². The predicted molar refractivity (Wildman–Crippen MR) is 74.9 cm³/mol. The summed E-state index contributed by atoms with van der Waals surface area (Å²) in [5, 5.41) is 14.5. The summed E-state index contributed by atoms with van der Waals surface area (Å²) in [7, 11) is 0. The van der Waals surface area contributed by atoms with E-state index in [9.17, 15) is 4.79 Å². The van der Waals surface area contributed by atoms with Crippen molar-refractivity contribution in [3.8, 4) is 11.8 Å². The Morgan fingerprint density at radius 3 is 2.89 bits per heavy atom. The maximum absolute atomic E-state index is 11.8. The van der Waals surface area contributed by atoms with Crippen molar-refractivity contribution < 1.29 is 9.90 Å². The van der Waals surface area contributed by atoms with Gasteiger partial charge in [-0.1, -0.05) is 17.9 Å².